The van der Waals surface area contributed by atoms with Gasteiger partial charge in [0.15, 0.2) is 0 Å². The topological polar surface area (TPSA) is 61.0 Å². The van der Waals surface area contributed by atoms with Crippen molar-refractivity contribution in [3.8, 4) is 11.6 Å². The van der Waals surface area contributed by atoms with E-state index >= 15 is 0 Å². The van der Waals surface area contributed by atoms with Crippen molar-refractivity contribution in [1.29, 1.82) is 0 Å². The van der Waals surface area contributed by atoms with E-state index in [1.54, 1.807) is 6.92 Å². The summed E-state index contributed by atoms with van der Waals surface area (Å²) in [5, 5.41) is 0.129. The number of aromatic nitrogens is 2. The van der Waals surface area contributed by atoms with Gasteiger partial charge in [-0.1, -0.05) is 25.5 Å². The average molecular weight is 278 g/mol. The van der Waals surface area contributed by atoms with E-state index in [9.17, 15) is 0 Å². The van der Waals surface area contributed by atoms with Crippen molar-refractivity contribution < 1.29 is 4.74 Å². The highest BCUT2D eigenvalue weighted by atomic mass is 35.5. The van der Waals surface area contributed by atoms with Crippen LogP contribution in [0.5, 0.6) is 11.6 Å². The van der Waals surface area contributed by atoms with Crippen molar-refractivity contribution in [2.75, 3.05) is 5.73 Å². The summed E-state index contributed by atoms with van der Waals surface area (Å²) < 4.78 is 5.64. The van der Waals surface area contributed by atoms with Crippen molar-refractivity contribution in [3.05, 3.63) is 40.8 Å². The molecule has 0 atom stereocenters. The summed E-state index contributed by atoms with van der Waals surface area (Å²) >= 11 is 5.80. The lowest BCUT2D eigenvalue weighted by Gasteiger charge is -2.09. The van der Waals surface area contributed by atoms with Gasteiger partial charge in [-0.2, -0.15) is 4.98 Å². The lowest BCUT2D eigenvalue weighted by Crippen LogP contribution is -2.00. The van der Waals surface area contributed by atoms with Gasteiger partial charge < -0.3 is 10.5 Å². The first kappa shape index (κ1) is 13.6. The molecule has 0 aliphatic heterocycles. The Morgan fingerprint density at radius 1 is 1.21 bits per heavy atom. The number of hydrogen-bond donors (Lipinski definition) is 1. The first-order valence-corrected chi connectivity index (χ1v) is 6.54. The number of benzene rings is 1. The Morgan fingerprint density at radius 3 is 2.53 bits per heavy atom. The Hall–Kier alpha value is -1.81. The van der Waals surface area contributed by atoms with Crippen molar-refractivity contribution in [3.63, 3.8) is 0 Å². The molecule has 0 spiro atoms. The molecular formula is C14H16ClN3O. The minimum absolute atomic E-state index is 0.129. The van der Waals surface area contributed by atoms with E-state index in [1.165, 1.54) is 5.56 Å². The molecule has 0 aliphatic rings. The maximum atomic E-state index is 5.87. The highest BCUT2D eigenvalue weighted by Crippen LogP contribution is 2.28. The average Bonchev–Trinajstić information content (AvgIpc) is 2.38. The van der Waals surface area contributed by atoms with Crippen LogP contribution in [0.15, 0.2) is 24.3 Å². The second kappa shape index (κ2) is 5.89. The quantitative estimate of drug-likeness (QED) is 0.864. The van der Waals surface area contributed by atoms with Crippen LogP contribution in [0.25, 0.3) is 0 Å². The van der Waals surface area contributed by atoms with E-state index < -0.39 is 0 Å². The SMILES string of the molecule is CCCc1ccc(Oc2nc(Cl)nc(C)c2N)cc1. The lowest BCUT2D eigenvalue weighted by molar-refractivity contribution is 0.463. The smallest absolute Gasteiger partial charge is 0.247 e. The summed E-state index contributed by atoms with van der Waals surface area (Å²) in [6.45, 7) is 3.91. The standard InChI is InChI=1S/C14H16ClN3O/c1-3-4-10-5-7-11(8-6-10)19-13-12(16)9(2)17-14(15)18-13/h5-8H,3-4,16H2,1-2H3. The number of halogens is 1. The molecule has 2 N–H and O–H groups in total. The maximum absolute atomic E-state index is 5.87. The predicted octanol–water partition coefficient (Wildman–Crippen LogP) is 3.77. The molecule has 4 nitrogen and oxygen atoms in total. The van der Waals surface area contributed by atoms with Crippen LogP contribution in [0.1, 0.15) is 24.6 Å². The second-order valence-electron chi connectivity index (χ2n) is 4.29. The van der Waals surface area contributed by atoms with Gasteiger partial charge in [-0.3, -0.25) is 0 Å². The summed E-state index contributed by atoms with van der Waals surface area (Å²) in [7, 11) is 0. The van der Waals surface area contributed by atoms with Crippen LogP contribution < -0.4 is 10.5 Å². The fourth-order valence-electron chi connectivity index (χ4n) is 1.72. The van der Waals surface area contributed by atoms with Crippen LogP contribution in [0, 0.1) is 6.92 Å². The van der Waals surface area contributed by atoms with E-state index in [0.717, 1.165) is 12.8 Å². The molecule has 2 rings (SSSR count). The van der Waals surface area contributed by atoms with Gasteiger partial charge in [0, 0.05) is 0 Å². The zero-order valence-electron chi connectivity index (χ0n) is 11.0. The van der Waals surface area contributed by atoms with Crippen LogP contribution in [0.2, 0.25) is 5.28 Å². The van der Waals surface area contributed by atoms with Crippen LogP contribution >= 0.6 is 11.6 Å². The molecule has 0 saturated carbocycles. The molecule has 5 heteroatoms. The zero-order valence-corrected chi connectivity index (χ0v) is 11.7. The summed E-state index contributed by atoms with van der Waals surface area (Å²) in [5.74, 6) is 0.974. The summed E-state index contributed by atoms with van der Waals surface area (Å²) in [6, 6.07) is 7.86. The molecule has 0 radical (unpaired) electrons. The van der Waals surface area contributed by atoms with Gasteiger partial charge in [0.2, 0.25) is 11.2 Å². The number of anilines is 1. The Balaban J connectivity index is 2.21. The van der Waals surface area contributed by atoms with Gasteiger partial charge >= 0.3 is 0 Å². The normalized spacial score (nSPS) is 10.5. The number of nitrogens with zero attached hydrogens (tertiary/aromatic N) is 2. The van der Waals surface area contributed by atoms with Crippen LogP contribution in [-0.4, -0.2) is 9.97 Å². The van der Waals surface area contributed by atoms with Crippen LogP contribution in [0.4, 0.5) is 5.69 Å². The molecular weight excluding hydrogens is 262 g/mol. The number of rotatable bonds is 4. The van der Waals surface area contributed by atoms with Gasteiger partial charge in [-0.25, -0.2) is 4.98 Å². The zero-order chi connectivity index (χ0) is 13.8. The number of aryl methyl sites for hydroxylation is 2. The van der Waals surface area contributed by atoms with E-state index in [-0.39, 0.29) is 5.28 Å². The second-order valence-corrected chi connectivity index (χ2v) is 4.63. The van der Waals surface area contributed by atoms with Gasteiger partial charge in [-0.05, 0) is 42.6 Å². The van der Waals surface area contributed by atoms with Crippen molar-refractivity contribution in [1.82, 2.24) is 9.97 Å². The molecule has 0 amide bonds. The molecule has 1 aromatic heterocycles. The maximum Gasteiger partial charge on any atom is 0.247 e. The monoisotopic (exact) mass is 277 g/mol. The molecule has 19 heavy (non-hydrogen) atoms. The molecule has 0 fully saturated rings. The number of nitrogens with two attached hydrogens (primary N) is 1. The Morgan fingerprint density at radius 2 is 1.89 bits per heavy atom. The Labute approximate surface area is 117 Å². The number of ether oxygens (including phenoxy) is 1. The van der Waals surface area contributed by atoms with E-state index in [1.807, 2.05) is 24.3 Å². The van der Waals surface area contributed by atoms with Gasteiger partial charge in [0.25, 0.3) is 0 Å². The predicted molar refractivity (Wildman–Crippen MR) is 76.7 cm³/mol. The third-order valence-corrected chi connectivity index (χ3v) is 2.92. The third kappa shape index (κ3) is 3.35. The number of nitrogen functional groups attached to an aromatic ring is 1. The molecule has 1 aromatic carbocycles. The fraction of sp³-hybridized carbons (Fsp3) is 0.286. The van der Waals surface area contributed by atoms with Crippen molar-refractivity contribution in [2.24, 2.45) is 0 Å². The molecule has 100 valence electrons. The van der Waals surface area contributed by atoms with Crippen molar-refractivity contribution >= 4 is 17.3 Å². The summed E-state index contributed by atoms with van der Waals surface area (Å²) in [5.41, 5.74) is 8.16. The van der Waals surface area contributed by atoms with Gasteiger partial charge in [0.05, 0.1) is 5.69 Å². The first-order chi connectivity index (χ1) is 9.10. The molecule has 0 unspecified atom stereocenters. The number of hydrogen-bond acceptors (Lipinski definition) is 4. The molecule has 2 aromatic rings. The van der Waals surface area contributed by atoms with Crippen LogP contribution in [0.3, 0.4) is 0 Å². The van der Waals surface area contributed by atoms with Gasteiger partial charge in [-0.15, -0.1) is 0 Å². The molecule has 0 saturated heterocycles. The highest BCUT2D eigenvalue weighted by Gasteiger charge is 2.10. The minimum Gasteiger partial charge on any atom is -0.437 e. The highest BCUT2D eigenvalue weighted by molar-refractivity contribution is 6.28. The molecule has 0 aliphatic carbocycles. The Bertz CT molecular complexity index is 570. The van der Waals surface area contributed by atoms with E-state index in [2.05, 4.69) is 16.9 Å². The van der Waals surface area contributed by atoms with E-state index in [4.69, 9.17) is 22.1 Å². The molecule has 1 heterocycles. The minimum atomic E-state index is 0.129. The molecule has 0 bridgehead atoms. The summed E-state index contributed by atoms with van der Waals surface area (Å²) in [4.78, 5) is 7.96. The van der Waals surface area contributed by atoms with E-state index in [0.29, 0.717) is 23.0 Å². The first-order valence-electron chi connectivity index (χ1n) is 6.16. The van der Waals surface area contributed by atoms with Crippen LogP contribution in [-0.2, 0) is 6.42 Å². The third-order valence-electron chi connectivity index (χ3n) is 2.75. The van der Waals surface area contributed by atoms with Crippen molar-refractivity contribution in [2.45, 2.75) is 26.7 Å². The fourth-order valence-corrected chi connectivity index (χ4v) is 1.93. The summed E-state index contributed by atoms with van der Waals surface area (Å²) in [6.07, 6.45) is 2.18. The Kier molecular flexibility index (Phi) is 4.22. The largest absolute Gasteiger partial charge is 0.437 e. The lowest BCUT2D eigenvalue weighted by atomic mass is 10.1. The van der Waals surface area contributed by atoms with Gasteiger partial charge in [0.1, 0.15) is 11.4 Å².